The van der Waals surface area contributed by atoms with Crippen molar-refractivity contribution in [2.45, 2.75) is 32.2 Å². The van der Waals surface area contributed by atoms with Crippen molar-refractivity contribution in [2.24, 2.45) is 0 Å². The molecule has 3 N–H and O–H groups in total. The monoisotopic (exact) mass is 292 g/mol. The van der Waals surface area contributed by atoms with Crippen molar-refractivity contribution in [2.75, 3.05) is 17.6 Å². The summed E-state index contributed by atoms with van der Waals surface area (Å²) in [6.45, 7) is 3.82. The molecule has 3 heterocycles. The van der Waals surface area contributed by atoms with Gasteiger partial charge in [-0.1, -0.05) is 11.6 Å². The number of nitrogen functional groups attached to an aromatic ring is 1. The Morgan fingerprint density at radius 2 is 2.35 bits per heavy atom. The van der Waals surface area contributed by atoms with Crippen molar-refractivity contribution in [3.8, 4) is 0 Å². The Morgan fingerprint density at radius 3 is 3.20 bits per heavy atom. The van der Waals surface area contributed by atoms with Gasteiger partial charge in [0.25, 0.3) is 0 Å². The van der Waals surface area contributed by atoms with Crippen LogP contribution in [0, 0.1) is 6.92 Å². The van der Waals surface area contributed by atoms with E-state index in [2.05, 4.69) is 31.0 Å². The molecule has 1 aliphatic rings. The zero-order chi connectivity index (χ0) is 14.1. The molecule has 0 amide bonds. The Kier molecular flexibility index (Phi) is 3.48. The number of aromatic nitrogens is 4. The second-order valence-electron chi connectivity index (χ2n) is 5.08. The number of nitrogens with one attached hydrogen (secondary N) is 1. The highest BCUT2D eigenvalue weighted by Crippen LogP contribution is 2.28. The van der Waals surface area contributed by atoms with E-state index in [9.17, 15) is 0 Å². The maximum atomic E-state index is 6.08. The van der Waals surface area contributed by atoms with Crippen LogP contribution in [-0.2, 0) is 6.54 Å². The first-order chi connectivity index (χ1) is 9.65. The van der Waals surface area contributed by atoms with Gasteiger partial charge < -0.3 is 15.6 Å². The summed E-state index contributed by atoms with van der Waals surface area (Å²) in [5.41, 5.74) is 6.74. The third-order valence-corrected chi connectivity index (χ3v) is 3.95. The second kappa shape index (κ2) is 5.28. The van der Waals surface area contributed by atoms with Crippen molar-refractivity contribution in [1.29, 1.82) is 0 Å². The molecule has 0 spiro atoms. The first kappa shape index (κ1) is 13.2. The minimum absolute atomic E-state index is 0.296. The van der Waals surface area contributed by atoms with Crippen LogP contribution in [0.4, 0.5) is 11.6 Å². The maximum Gasteiger partial charge on any atom is 0.150 e. The van der Waals surface area contributed by atoms with Crippen LogP contribution in [0.2, 0.25) is 5.02 Å². The number of hydrogen-bond acceptors (Lipinski definition) is 5. The van der Waals surface area contributed by atoms with Crippen LogP contribution >= 0.6 is 11.6 Å². The first-order valence-corrected chi connectivity index (χ1v) is 7.06. The topological polar surface area (TPSA) is 81.7 Å². The molecule has 6 nitrogen and oxygen atoms in total. The number of aryl methyl sites for hydroxylation is 2. The maximum absolute atomic E-state index is 6.08. The van der Waals surface area contributed by atoms with Crippen LogP contribution in [0.1, 0.15) is 30.3 Å². The van der Waals surface area contributed by atoms with Crippen LogP contribution in [0.5, 0.6) is 0 Å². The molecule has 7 heteroatoms. The van der Waals surface area contributed by atoms with Gasteiger partial charge in [-0.3, -0.25) is 0 Å². The number of imidazole rings is 1. The van der Waals surface area contributed by atoms with Gasteiger partial charge in [0, 0.05) is 25.2 Å². The highest BCUT2D eigenvalue weighted by molar-refractivity contribution is 6.35. The lowest BCUT2D eigenvalue weighted by Gasteiger charge is -2.23. The predicted molar refractivity (Wildman–Crippen MR) is 78.9 cm³/mol. The van der Waals surface area contributed by atoms with Crippen LogP contribution in [0.3, 0.4) is 0 Å². The summed E-state index contributed by atoms with van der Waals surface area (Å²) in [5.74, 6) is 2.38. The Labute approximate surface area is 122 Å². The normalized spacial score (nSPS) is 17.8. The molecule has 0 fully saturated rings. The molecule has 0 saturated heterocycles. The molecule has 0 radical (unpaired) electrons. The van der Waals surface area contributed by atoms with E-state index in [-0.39, 0.29) is 0 Å². The fraction of sp³-hybridized carbons (Fsp3) is 0.462. The van der Waals surface area contributed by atoms with E-state index in [4.69, 9.17) is 17.3 Å². The van der Waals surface area contributed by atoms with E-state index in [1.165, 1.54) is 6.33 Å². The lowest BCUT2D eigenvalue weighted by Crippen LogP contribution is -2.22. The van der Waals surface area contributed by atoms with Gasteiger partial charge in [0.2, 0.25) is 0 Å². The van der Waals surface area contributed by atoms with E-state index in [1.807, 2.05) is 6.92 Å². The molecule has 106 valence electrons. The minimum atomic E-state index is 0.296. The Hall–Kier alpha value is -1.82. The van der Waals surface area contributed by atoms with Gasteiger partial charge in [0.05, 0.1) is 5.69 Å². The average molecular weight is 293 g/mol. The number of fused-ring (bicyclic) bond motifs is 1. The number of hydrogen-bond donors (Lipinski definition) is 2. The van der Waals surface area contributed by atoms with Crippen molar-refractivity contribution in [3.63, 3.8) is 0 Å². The largest absolute Gasteiger partial charge is 0.382 e. The van der Waals surface area contributed by atoms with Crippen molar-refractivity contribution >= 4 is 23.2 Å². The zero-order valence-corrected chi connectivity index (χ0v) is 12.1. The van der Waals surface area contributed by atoms with Crippen LogP contribution in [-0.4, -0.2) is 26.1 Å². The van der Waals surface area contributed by atoms with E-state index in [0.29, 0.717) is 22.6 Å². The van der Waals surface area contributed by atoms with Crippen molar-refractivity contribution in [3.05, 3.63) is 29.1 Å². The molecule has 0 unspecified atom stereocenters. The molecule has 20 heavy (non-hydrogen) atoms. The van der Waals surface area contributed by atoms with Crippen LogP contribution in [0.25, 0.3) is 0 Å². The predicted octanol–water partition coefficient (Wildman–Crippen LogP) is 2.21. The van der Waals surface area contributed by atoms with Gasteiger partial charge >= 0.3 is 0 Å². The fourth-order valence-electron chi connectivity index (χ4n) is 2.63. The summed E-state index contributed by atoms with van der Waals surface area (Å²) < 4.78 is 2.24. The molecule has 3 rings (SSSR count). The first-order valence-electron chi connectivity index (χ1n) is 6.68. The number of nitrogens with zero attached hydrogens (tertiary/aromatic N) is 4. The molecular weight excluding hydrogens is 276 g/mol. The smallest absolute Gasteiger partial charge is 0.150 e. The van der Waals surface area contributed by atoms with Gasteiger partial charge in [-0.05, 0) is 19.8 Å². The summed E-state index contributed by atoms with van der Waals surface area (Å²) in [6, 6.07) is 0. The lowest BCUT2D eigenvalue weighted by atomic mass is 9.99. The highest BCUT2D eigenvalue weighted by Gasteiger charge is 2.22. The average Bonchev–Trinajstić information content (AvgIpc) is 2.81. The summed E-state index contributed by atoms with van der Waals surface area (Å²) >= 11 is 6.08. The quantitative estimate of drug-likeness (QED) is 0.906. The SMILES string of the molecule is Cc1cn2c(n1)[C@H](CNc1ncnc(N)c1Cl)CCC2. The molecule has 0 aromatic carbocycles. The molecular formula is C13H17ClN6. The number of rotatable bonds is 3. The highest BCUT2D eigenvalue weighted by atomic mass is 35.5. The van der Waals surface area contributed by atoms with Gasteiger partial charge in [0.15, 0.2) is 0 Å². The molecule has 2 aromatic rings. The molecule has 2 aromatic heterocycles. The van der Waals surface area contributed by atoms with Gasteiger partial charge in [-0.15, -0.1) is 0 Å². The summed E-state index contributed by atoms with van der Waals surface area (Å²) in [5, 5.41) is 3.63. The summed E-state index contributed by atoms with van der Waals surface area (Å²) in [7, 11) is 0. The minimum Gasteiger partial charge on any atom is -0.382 e. The molecule has 1 atom stereocenters. The van der Waals surface area contributed by atoms with E-state index in [0.717, 1.165) is 37.4 Å². The van der Waals surface area contributed by atoms with Gasteiger partial charge in [0.1, 0.15) is 28.8 Å². The van der Waals surface area contributed by atoms with Gasteiger partial charge in [-0.25, -0.2) is 15.0 Å². The Bertz CT molecular complexity index is 623. The Balaban J connectivity index is 1.75. The van der Waals surface area contributed by atoms with Crippen molar-refractivity contribution < 1.29 is 0 Å². The summed E-state index contributed by atoms with van der Waals surface area (Å²) in [6.07, 6.45) is 5.79. The molecule has 0 bridgehead atoms. The lowest BCUT2D eigenvalue weighted by molar-refractivity contribution is 0.454. The zero-order valence-electron chi connectivity index (χ0n) is 11.3. The van der Waals surface area contributed by atoms with E-state index >= 15 is 0 Å². The standard InChI is InChI=1S/C13H17ClN6/c1-8-6-20-4-2-3-9(13(20)19-8)5-16-12-10(14)11(15)17-7-18-12/h6-7,9H,2-5H2,1H3,(H3,15,16,17,18)/t9-/m0/s1. The van der Waals surface area contributed by atoms with Gasteiger partial charge in [-0.2, -0.15) is 0 Å². The number of halogens is 1. The third kappa shape index (κ3) is 2.43. The van der Waals surface area contributed by atoms with E-state index in [1.54, 1.807) is 0 Å². The number of nitrogens with two attached hydrogens (primary N) is 1. The third-order valence-electron chi connectivity index (χ3n) is 3.58. The van der Waals surface area contributed by atoms with Crippen LogP contribution < -0.4 is 11.1 Å². The molecule has 1 aliphatic heterocycles. The molecule has 0 aliphatic carbocycles. The number of anilines is 2. The van der Waals surface area contributed by atoms with Crippen LogP contribution in [0.15, 0.2) is 12.5 Å². The summed E-state index contributed by atoms with van der Waals surface area (Å²) in [4.78, 5) is 12.6. The Morgan fingerprint density at radius 1 is 1.50 bits per heavy atom. The second-order valence-corrected chi connectivity index (χ2v) is 5.45. The molecule has 0 saturated carbocycles. The van der Waals surface area contributed by atoms with Crippen molar-refractivity contribution in [1.82, 2.24) is 19.5 Å². The van der Waals surface area contributed by atoms with E-state index < -0.39 is 0 Å². The fourth-order valence-corrected chi connectivity index (χ4v) is 2.79.